The van der Waals surface area contributed by atoms with Crippen LogP contribution in [0.15, 0.2) is 53.4 Å². The van der Waals surface area contributed by atoms with Crippen molar-refractivity contribution in [1.82, 2.24) is 5.32 Å². The second kappa shape index (κ2) is 9.69. The summed E-state index contributed by atoms with van der Waals surface area (Å²) in [6.07, 6.45) is 1.95. The molecule has 0 saturated carbocycles. The summed E-state index contributed by atoms with van der Waals surface area (Å²) in [6.45, 7) is 5.57. The molecule has 156 valence electrons. The van der Waals surface area contributed by atoms with Crippen molar-refractivity contribution in [2.24, 2.45) is 5.92 Å². The highest BCUT2D eigenvalue weighted by Crippen LogP contribution is 2.22. The lowest BCUT2D eigenvalue weighted by Gasteiger charge is -2.23. The summed E-state index contributed by atoms with van der Waals surface area (Å²) in [7, 11) is -3.59. The number of sulfone groups is 1. The molecule has 1 amide bonds. The van der Waals surface area contributed by atoms with Gasteiger partial charge in [0.15, 0.2) is 16.4 Å². The van der Waals surface area contributed by atoms with E-state index in [0.717, 1.165) is 18.2 Å². The van der Waals surface area contributed by atoms with Gasteiger partial charge < -0.3 is 10.1 Å². The molecule has 0 spiro atoms. The van der Waals surface area contributed by atoms with E-state index in [4.69, 9.17) is 4.74 Å². The number of rotatable bonds is 8. The highest BCUT2D eigenvalue weighted by Gasteiger charge is 2.22. The minimum atomic E-state index is -3.59. The molecule has 0 unspecified atom stereocenters. The van der Waals surface area contributed by atoms with Gasteiger partial charge in [0, 0.05) is 6.26 Å². The average molecular weight is 418 g/mol. The van der Waals surface area contributed by atoms with E-state index < -0.39 is 28.3 Å². The molecule has 0 heterocycles. The van der Waals surface area contributed by atoms with E-state index >= 15 is 0 Å². The molecule has 7 heteroatoms. The zero-order valence-corrected chi connectivity index (χ0v) is 18.0. The van der Waals surface area contributed by atoms with Crippen molar-refractivity contribution >= 4 is 21.7 Å². The van der Waals surface area contributed by atoms with Gasteiger partial charge in [-0.15, -0.1) is 0 Å². The summed E-state index contributed by atoms with van der Waals surface area (Å²) in [5, 5.41) is 2.89. The number of benzene rings is 2. The molecule has 0 aliphatic heterocycles. The van der Waals surface area contributed by atoms with Gasteiger partial charge in [0.25, 0.3) is 5.91 Å². The van der Waals surface area contributed by atoms with Crippen molar-refractivity contribution in [3.05, 3.63) is 65.2 Å². The van der Waals surface area contributed by atoms with Crippen LogP contribution in [0.1, 0.15) is 48.3 Å². The fourth-order valence-corrected chi connectivity index (χ4v) is 3.85. The second-order valence-corrected chi connectivity index (χ2v) is 9.21. The van der Waals surface area contributed by atoms with Crippen LogP contribution in [0, 0.1) is 5.92 Å². The zero-order valence-electron chi connectivity index (χ0n) is 17.1. The Labute approximate surface area is 172 Å². The standard InChI is InChI=1S/C22H27NO5S/c1-5-16-10-12-17(13-11-16)21(15(2)3)23-20(24)14-28-22(25)18-8-6-7-9-19(18)29(4,26)27/h6-13,15,21H,5,14H2,1-4H3,(H,23,24)/t21-/m0/s1. The molecule has 6 nitrogen and oxygen atoms in total. The van der Waals surface area contributed by atoms with Crippen molar-refractivity contribution < 1.29 is 22.7 Å². The van der Waals surface area contributed by atoms with Crippen molar-refractivity contribution in [2.45, 2.75) is 38.1 Å². The van der Waals surface area contributed by atoms with Crippen molar-refractivity contribution in [3.8, 4) is 0 Å². The van der Waals surface area contributed by atoms with Crippen molar-refractivity contribution in [3.63, 3.8) is 0 Å². The van der Waals surface area contributed by atoms with Gasteiger partial charge in [-0.3, -0.25) is 4.79 Å². The fourth-order valence-electron chi connectivity index (χ4n) is 2.98. The quantitative estimate of drug-likeness (QED) is 0.666. The van der Waals surface area contributed by atoms with Crippen LogP contribution >= 0.6 is 0 Å². The first kappa shape index (κ1) is 22.6. The number of hydrogen-bond acceptors (Lipinski definition) is 5. The number of ether oxygens (including phenoxy) is 1. The van der Waals surface area contributed by atoms with E-state index in [2.05, 4.69) is 12.2 Å². The van der Waals surface area contributed by atoms with Crippen molar-refractivity contribution in [2.75, 3.05) is 12.9 Å². The van der Waals surface area contributed by atoms with Gasteiger partial charge in [0.1, 0.15) is 0 Å². The van der Waals surface area contributed by atoms with Crippen LogP contribution in [-0.2, 0) is 25.8 Å². The van der Waals surface area contributed by atoms with Gasteiger partial charge >= 0.3 is 5.97 Å². The summed E-state index contributed by atoms with van der Waals surface area (Å²) >= 11 is 0. The normalized spacial score (nSPS) is 12.4. The Balaban J connectivity index is 2.05. The first-order valence-corrected chi connectivity index (χ1v) is 11.4. The lowest BCUT2D eigenvalue weighted by atomic mass is 9.95. The monoisotopic (exact) mass is 417 g/mol. The topological polar surface area (TPSA) is 89.5 Å². The van der Waals surface area contributed by atoms with Crippen LogP contribution in [0.4, 0.5) is 0 Å². The number of amides is 1. The number of carbonyl (C=O) groups excluding carboxylic acids is 2. The third kappa shape index (κ3) is 6.15. The number of nitrogens with one attached hydrogen (secondary N) is 1. The molecule has 0 aromatic heterocycles. The SMILES string of the molecule is CCc1ccc([C@@H](NC(=O)COC(=O)c2ccccc2S(C)(=O)=O)C(C)C)cc1. The van der Waals surface area contributed by atoms with Gasteiger partial charge in [-0.2, -0.15) is 0 Å². The first-order valence-electron chi connectivity index (χ1n) is 9.48. The summed E-state index contributed by atoms with van der Waals surface area (Å²) in [4.78, 5) is 24.6. The third-order valence-corrected chi connectivity index (χ3v) is 5.73. The van der Waals surface area contributed by atoms with E-state index in [-0.39, 0.29) is 22.4 Å². The minimum absolute atomic E-state index is 0.0848. The Hall–Kier alpha value is -2.67. The van der Waals surface area contributed by atoms with Gasteiger partial charge in [-0.05, 0) is 35.6 Å². The Morgan fingerprint density at radius 3 is 2.21 bits per heavy atom. The first-order chi connectivity index (χ1) is 13.6. The third-order valence-electron chi connectivity index (χ3n) is 4.57. The van der Waals surface area contributed by atoms with Crippen LogP contribution in [0.2, 0.25) is 0 Å². The van der Waals surface area contributed by atoms with Gasteiger partial charge in [0.05, 0.1) is 16.5 Å². The molecule has 1 N–H and O–H groups in total. The molecule has 2 aromatic rings. The molecular formula is C22H27NO5S. The predicted octanol–water partition coefficient (Wildman–Crippen LogP) is 3.32. The molecule has 0 fully saturated rings. The summed E-state index contributed by atoms with van der Waals surface area (Å²) < 4.78 is 28.7. The molecule has 0 saturated heterocycles. The Kier molecular flexibility index (Phi) is 7.56. The van der Waals surface area contributed by atoms with Crippen LogP contribution in [0.25, 0.3) is 0 Å². The Morgan fingerprint density at radius 1 is 1.03 bits per heavy atom. The maximum absolute atomic E-state index is 12.4. The van der Waals surface area contributed by atoms with Gasteiger partial charge in [0.2, 0.25) is 0 Å². The average Bonchev–Trinajstić information content (AvgIpc) is 2.69. The number of hydrogen-bond donors (Lipinski definition) is 1. The molecule has 0 aliphatic carbocycles. The molecule has 2 rings (SSSR count). The largest absolute Gasteiger partial charge is 0.452 e. The summed E-state index contributed by atoms with van der Waals surface area (Å²) in [5.41, 5.74) is 2.10. The molecule has 29 heavy (non-hydrogen) atoms. The van der Waals surface area contributed by atoms with E-state index in [1.165, 1.54) is 23.8 Å². The maximum atomic E-state index is 12.4. The fraction of sp³-hybridized carbons (Fsp3) is 0.364. The molecule has 0 aliphatic rings. The van der Waals surface area contributed by atoms with E-state index in [1.807, 2.05) is 38.1 Å². The Bertz CT molecular complexity index is 965. The molecule has 0 radical (unpaired) electrons. The highest BCUT2D eigenvalue weighted by atomic mass is 32.2. The lowest BCUT2D eigenvalue weighted by Crippen LogP contribution is -2.35. The highest BCUT2D eigenvalue weighted by molar-refractivity contribution is 7.90. The van der Waals surface area contributed by atoms with E-state index in [1.54, 1.807) is 6.07 Å². The Morgan fingerprint density at radius 2 is 1.66 bits per heavy atom. The van der Waals surface area contributed by atoms with Crippen LogP contribution in [0.5, 0.6) is 0 Å². The molecule has 1 atom stereocenters. The molecule has 0 bridgehead atoms. The van der Waals surface area contributed by atoms with Crippen LogP contribution in [-0.4, -0.2) is 33.2 Å². The van der Waals surface area contributed by atoms with E-state index in [0.29, 0.717) is 0 Å². The number of esters is 1. The van der Waals surface area contributed by atoms with Gasteiger partial charge in [-0.25, -0.2) is 13.2 Å². The maximum Gasteiger partial charge on any atom is 0.339 e. The predicted molar refractivity (Wildman–Crippen MR) is 111 cm³/mol. The zero-order chi connectivity index (χ0) is 21.6. The van der Waals surface area contributed by atoms with Crippen LogP contribution in [0.3, 0.4) is 0 Å². The van der Waals surface area contributed by atoms with Crippen LogP contribution < -0.4 is 5.32 Å². The minimum Gasteiger partial charge on any atom is -0.452 e. The number of aryl methyl sites for hydroxylation is 1. The van der Waals surface area contributed by atoms with Crippen molar-refractivity contribution in [1.29, 1.82) is 0 Å². The summed E-state index contributed by atoms with van der Waals surface area (Å²) in [6, 6.07) is 13.6. The molecular weight excluding hydrogens is 390 g/mol. The smallest absolute Gasteiger partial charge is 0.339 e. The lowest BCUT2D eigenvalue weighted by molar-refractivity contribution is -0.125. The molecule has 2 aromatic carbocycles. The van der Waals surface area contributed by atoms with E-state index in [9.17, 15) is 18.0 Å². The number of carbonyl (C=O) groups is 2. The summed E-state index contributed by atoms with van der Waals surface area (Å²) in [5.74, 6) is -1.17. The second-order valence-electron chi connectivity index (χ2n) is 7.23. The van der Waals surface area contributed by atoms with Gasteiger partial charge in [-0.1, -0.05) is 57.2 Å².